The minimum Gasteiger partial charge on any atom is -0.491 e. The summed E-state index contributed by atoms with van der Waals surface area (Å²) in [5, 5.41) is 6.05. The Bertz CT molecular complexity index is 845. The highest BCUT2D eigenvalue weighted by Gasteiger charge is 2.06. The number of nitrogens with one attached hydrogen (secondary N) is 2. The fraction of sp³-hybridized carbons (Fsp3) is 0.143. The lowest BCUT2D eigenvalue weighted by atomic mass is 10.2. The van der Waals surface area contributed by atoms with E-state index in [1.807, 2.05) is 62.4 Å². The number of nitrogens with zero attached hydrogens (tertiary/aromatic N) is 1. The van der Waals surface area contributed by atoms with E-state index in [9.17, 15) is 4.79 Å². The zero-order chi connectivity index (χ0) is 18.4. The van der Waals surface area contributed by atoms with E-state index in [0.29, 0.717) is 11.4 Å². The lowest BCUT2D eigenvalue weighted by molar-refractivity contribution is 0.102. The van der Waals surface area contributed by atoms with Crippen LogP contribution in [-0.4, -0.2) is 17.0 Å². The third-order valence-corrected chi connectivity index (χ3v) is 3.56. The van der Waals surface area contributed by atoms with Crippen molar-refractivity contribution in [1.82, 2.24) is 4.98 Å². The molecule has 5 heteroatoms. The molecule has 0 aliphatic carbocycles. The van der Waals surface area contributed by atoms with Crippen LogP contribution >= 0.6 is 0 Å². The van der Waals surface area contributed by atoms with Crippen molar-refractivity contribution < 1.29 is 9.53 Å². The van der Waals surface area contributed by atoms with Gasteiger partial charge in [0, 0.05) is 11.3 Å². The molecule has 5 nitrogen and oxygen atoms in total. The molecule has 3 aromatic rings. The first-order chi connectivity index (χ1) is 12.6. The first-order valence-electron chi connectivity index (χ1n) is 8.46. The highest BCUT2D eigenvalue weighted by atomic mass is 16.5. The Morgan fingerprint density at radius 3 is 2.23 bits per heavy atom. The van der Waals surface area contributed by atoms with Gasteiger partial charge in [-0.05, 0) is 62.4 Å². The zero-order valence-electron chi connectivity index (χ0n) is 14.8. The van der Waals surface area contributed by atoms with E-state index in [2.05, 4.69) is 15.6 Å². The molecule has 0 spiro atoms. The van der Waals surface area contributed by atoms with Crippen molar-refractivity contribution in [3.05, 3.63) is 78.5 Å². The Hall–Kier alpha value is -3.34. The first-order valence-corrected chi connectivity index (χ1v) is 8.46. The number of anilines is 3. The van der Waals surface area contributed by atoms with Crippen LogP contribution in [0.3, 0.4) is 0 Å². The predicted octanol–water partition coefficient (Wildman–Crippen LogP) is 4.86. The zero-order valence-corrected chi connectivity index (χ0v) is 14.8. The third-order valence-electron chi connectivity index (χ3n) is 3.56. The second-order valence-electron chi connectivity index (χ2n) is 6.07. The summed E-state index contributed by atoms with van der Waals surface area (Å²) in [7, 11) is 0. The first kappa shape index (κ1) is 17.5. The summed E-state index contributed by atoms with van der Waals surface area (Å²) in [6, 6.07) is 20.4. The molecule has 2 N–H and O–H groups in total. The van der Waals surface area contributed by atoms with E-state index in [1.54, 1.807) is 24.4 Å². The highest BCUT2D eigenvalue weighted by Crippen LogP contribution is 2.21. The number of amides is 1. The highest BCUT2D eigenvalue weighted by molar-refractivity contribution is 6.03. The fourth-order valence-electron chi connectivity index (χ4n) is 2.38. The summed E-state index contributed by atoms with van der Waals surface area (Å²) in [6.45, 7) is 3.99. The smallest absolute Gasteiger partial charge is 0.256 e. The SMILES string of the molecule is CC(C)Oc1ccc(Nc2ccc(NC(=O)c3ccccc3)nc2)cc1. The Morgan fingerprint density at radius 2 is 1.62 bits per heavy atom. The van der Waals surface area contributed by atoms with E-state index < -0.39 is 0 Å². The number of hydrogen-bond acceptors (Lipinski definition) is 4. The molecule has 0 radical (unpaired) electrons. The largest absolute Gasteiger partial charge is 0.491 e. The molecular weight excluding hydrogens is 326 g/mol. The monoisotopic (exact) mass is 347 g/mol. The average Bonchev–Trinajstić information content (AvgIpc) is 2.65. The molecule has 1 heterocycles. The Kier molecular flexibility index (Phi) is 5.49. The summed E-state index contributed by atoms with van der Waals surface area (Å²) in [5.74, 6) is 1.16. The average molecular weight is 347 g/mol. The van der Waals surface area contributed by atoms with E-state index in [4.69, 9.17) is 4.74 Å². The van der Waals surface area contributed by atoms with Crippen LogP contribution in [0.15, 0.2) is 72.9 Å². The Morgan fingerprint density at radius 1 is 0.923 bits per heavy atom. The molecule has 0 saturated carbocycles. The maximum Gasteiger partial charge on any atom is 0.256 e. The summed E-state index contributed by atoms with van der Waals surface area (Å²) >= 11 is 0. The molecule has 0 atom stereocenters. The van der Waals surface area contributed by atoms with Crippen molar-refractivity contribution in [3.8, 4) is 5.75 Å². The molecule has 1 aromatic heterocycles. The summed E-state index contributed by atoms with van der Waals surface area (Å²) in [4.78, 5) is 16.4. The van der Waals surface area contributed by atoms with Crippen LogP contribution in [0.1, 0.15) is 24.2 Å². The van der Waals surface area contributed by atoms with Crippen molar-refractivity contribution >= 4 is 23.1 Å². The molecule has 3 rings (SSSR count). The fourth-order valence-corrected chi connectivity index (χ4v) is 2.38. The number of rotatable bonds is 6. The van der Waals surface area contributed by atoms with Crippen LogP contribution in [0.5, 0.6) is 5.75 Å². The van der Waals surface area contributed by atoms with Gasteiger partial charge in [-0.1, -0.05) is 18.2 Å². The number of pyridine rings is 1. The van der Waals surface area contributed by atoms with Crippen LogP contribution in [0.25, 0.3) is 0 Å². The van der Waals surface area contributed by atoms with Gasteiger partial charge in [0.05, 0.1) is 18.0 Å². The van der Waals surface area contributed by atoms with Crippen molar-refractivity contribution in [2.45, 2.75) is 20.0 Å². The molecule has 0 saturated heterocycles. The minimum absolute atomic E-state index is 0.150. The maximum absolute atomic E-state index is 12.1. The van der Waals surface area contributed by atoms with Crippen molar-refractivity contribution in [1.29, 1.82) is 0 Å². The maximum atomic E-state index is 12.1. The molecule has 0 aliphatic heterocycles. The normalized spacial score (nSPS) is 10.4. The molecule has 26 heavy (non-hydrogen) atoms. The molecule has 132 valence electrons. The second-order valence-corrected chi connectivity index (χ2v) is 6.07. The molecule has 0 fully saturated rings. The number of aromatic nitrogens is 1. The summed E-state index contributed by atoms with van der Waals surface area (Å²) in [5.41, 5.74) is 2.37. The van der Waals surface area contributed by atoms with Crippen LogP contribution in [0.4, 0.5) is 17.2 Å². The lowest BCUT2D eigenvalue weighted by Crippen LogP contribution is -2.12. The van der Waals surface area contributed by atoms with Gasteiger partial charge in [0.15, 0.2) is 0 Å². The van der Waals surface area contributed by atoms with Crippen LogP contribution in [0.2, 0.25) is 0 Å². The van der Waals surface area contributed by atoms with Gasteiger partial charge in [0.2, 0.25) is 0 Å². The van der Waals surface area contributed by atoms with Crippen LogP contribution < -0.4 is 15.4 Å². The van der Waals surface area contributed by atoms with Gasteiger partial charge in [0.1, 0.15) is 11.6 Å². The van der Waals surface area contributed by atoms with Gasteiger partial charge >= 0.3 is 0 Å². The van der Waals surface area contributed by atoms with E-state index >= 15 is 0 Å². The van der Waals surface area contributed by atoms with Crippen molar-refractivity contribution in [2.75, 3.05) is 10.6 Å². The number of benzene rings is 2. The van der Waals surface area contributed by atoms with Gasteiger partial charge in [-0.3, -0.25) is 4.79 Å². The van der Waals surface area contributed by atoms with Crippen molar-refractivity contribution in [3.63, 3.8) is 0 Å². The van der Waals surface area contributed by atoms with Gasteiger partial charge in [-0.15, -0.1) is 0 Å². The molecular formula is C21H21N3O2. The van der Waals surface area contributed by atoms with E-state index in [1.165, 1.54) is 0 Å². The number of hydrogen-bond donors (Lipinski definition) is 2. The topological polar surface area (TPSA) is 63.2 Å². The summed E-state index contributed by atoms with van der Waals surface area (Å²) in [6.07, 6.45) is 1.83. The minimum atomic E-state index is -0.181. The van der Waals surface area contributed by atoms with Gasteiger partial charge in [0.25, 0.3) is 5.91 Å². The summed E-state index contributed by atoms with van der Waals surface area (Å²) < 4.78 is 5.63. The molecule has 1 amide bonds. The molecule has 0 unspecified atom stereocenters. The van der Waals surface area contributed by atoms with Crippen molar-refractivity contribution in [2.24, 2.45) is 0 Å². The Labute approximate surface area is 153 Å². The number of carbonyl (C=O) groups excluding carboxylic acids is 1. The molecule has 2 aromatic carbocycles. The van der Waals surface area contributed by atoms with Crippen LogP contribution in [0, 0.1) is 0 Å². The van der Waals surface area contributed by atoms with Gasteiger partial charge in [-0.2, -0.15) is 0 Å². The molecule has 0 aliphatic rings. The number of ether oxygens (including phenoxy) is 1. The second kappa shape index (κ2) is 8.16. The van der Waals surface area contributed by atoms with Gasteiger partial charge < -0.3 is 15.4 Å². The predicted molar refractivity (Wildman–Crippen MR) is 104 cm³/mol. The Balaban J connectivity index is 1.60. The number of carbonyl (C=O) groups is 1. The van der Waals surface area contributed by atoms with E-state index in [-0.39, 0.29) is 12.0 Å². The lowest BCUT2D eigenvalue weighted by Gasteiger charge is -2.11. The van der Waals surface area contributed by atoms with Gasteiger partial charge in [-0.25, -0.2) is 4.98 Å². The third kappa shape index (κ3) is 4.83. The quantitative estimate of drug-likeness (QED) is 0.668. The van der Waals surface area contributed by atoms with E-state index in [0.717, 1.165) is 17.1 Å². The standard InChI is InChI=1S/C21H21N3O2/c1-15(2)26-19-11-8-17(9-12-19)23-18-10-13-20(22-14-18)24-21(25)16-6-4-3-5-7-16/h3-15,23H,1-2H3,(H,22,24,25). The van der Waals surface area contributed by atoms with Crippen LogP contribution in [-0.2, 0) is 0 Å². The molecule has 0 bridgehead atoms.